The highest BCUT2D eigenvalue weighted by atomic mass is 16.5. The van der Waals surface area contributed by atoms with Crippen LogP contribution >= 0.6 is 0 Å². The largest absolute Gasteiger partial charge is 0.493 e. The maximum atomic E-state index is 13.3. The lowest BCUT2D eigenvalue weighted by Crippen LogP contribution is -2.35. The quantitative estimate of drug-likeness (QED) is 0.196. The topological polar surface area (TPSA) is 76.8 Å². The molecular formula is C35H49N3O4. The van der Waals surface area contributed by atoms with Crippen molar-refractivity contribution in [2.75, 3.05) is 26.3 Å². The van der Waals surface area contributed by atoms with Gasteiger partial charge in [-0.05, 0) is 74.3 Å². The van der Waals surface area contributed by atoms with Crippen LogP contribution in [0.3, 0.4) is 0 Å². The molecule has 2 aromatic carbocycles. The SMILES string of the molecule is CCCCOc1cc(OCCCC)c(C(C)C)cc1-c1onc(C(=O)NCC)c1-c1ccc2c(c1)CCN(C(C)C)C2. The van der Waals surface area contributed by atoms with E-state index in [0.717, 1.165) is 67.6 Å². The molecule has 0 saturated carbocycles. The maximum absolute atomic E-state index is 13.3. The Bertz CT molecular complexity index is 1340. The van der Waals surface area contributed by atoms with E-state index in [2.05, 4.69) is 81.2 Å². The Balaban J connectivity index is 1.88. The minimum absolute atomic E-state index is 0.215. The number of nitrogens with zero attached hydrogens (tertiary/aromatic N) is 2. The Morgan fingerprint density at radius 3 is 2.33 bits per heavy atom. The molecule has 1 amide bonds. The number of fused-ring (bicyclic) bond motifs is 1. The first-order valence-electron chi connectivity index (χ1n) is 15.9. The predicted octanol–water partition coefficient (Wildman–Crippen LogP) is 8.01. The Kier molecular flexibility index (Phi) is 11.1. The van der Waals surface area contributed by atoms with Crippen LogP contribution < -0.4 is 14.8 Å². The van der Waals surface area contributed by atoms with Crippen LogP contribution in [0.4, 0.5) is 0 Å². The van der Waals surface area contributed by atoms with Gasteiger partial charge in [0.2, 0.25) is 0 Å². The van der Waals surface area contributed by atoms with Crippen LogP contribution in [0.15, 0.2) is 34.9 Å². The van der Waals surface area contributed by atoms with Crippen molar-refractivity contribution < 1.29 is 18.8 Å². The third kappa shape index (κ3) is 7.17. The molecule has 42 heavy (non-hydrogen) atoms. The lowest BCUT2D eigenvalue weighted by molar-refractivity contribution is 0.0947. The Labute approximate surface area is 252 Å². The number of aromatic nitrogens is 1. The fourth-order valence-corrected chi connectivity index (χ4v) is 5.42. The number of nitrogens with one attached hydrogen (secondary N) is 1. The van der Waals surface area contributed by atoms with E-state index >= 15 is 0 Å². The molecule has 0 radical (unpaired) electrons. The fourth-order valence-electron chi connectivity index (χ4n) is 5.42. The van der Waals surface area contributed by atoms with E-state index in [1.165, 1.54) is 11.1 Å². The van der Waals surface area contributed by atoms with E-state index in [0.29, 0.717) is 48.6 Å². The highest BCUT2D eigenvalue weighted by molar-refractivity contribution is 6.02. The fraction of sp³-hybridized carbons (Fsp3) is 0.543. The van der Waals surface area contributed by atoms with Crippen LogP contribution in [0.25, 0.3) is 22.5 Å². The van der Waals surface area contributed by atoms with Crippen molar-refractivity contribution in [1.29, 1.82) is 0 Å². The van der Waals surface area contributed by atoms with E-state index in [1.807, 2.05) is 13.0 Å². The number of amides is 1. The van der Waals surface area contributed by atoms with Crippen LogP contribution in [0.5, 0.6) is 11.5 Å². The Morgan fingerprint density at radius 2 is 1.69 bits per heavy atom. The number of ether oxygens (including phenoxy) is 2. The van der Waals surface area contributed by atoms with Crippen molar-refractivity contribution in [1.82, 2.24) is 15.4 Å². The van der Waals surface area contributed by atoms with Crippen LogP contribution in [0.1, 0.15) is 107 Å². The molecule has 7 nitrogen and oxygen atoms in total. The van der Waals surface area contributed by atoms with Gasteiger partial charge < -0.3 is 19.3 Å². The minimum atomic E-state index is -0.247. The summed E-state index contributed by atoms with van der Waals surface area (Å²) in [5.74, 6) is 2.03. The highest BCUT2D eigenvalue weighted by Crippen LogP contribution is 2.44. The average Bonchev–Trinajstić information content (AvgIpc) is 3.42. The number of hydrogen-bond donors (Lipinski definition) is 1. The minimum Gasteiger partial charge on any atom is -0.493 e. The molecule has 0 aliphatic carbocycles. The molecule has 0 fully saturated rings. The van der Waals surface area contributed by atoms with E-state index in [9.17, 15) is 4.79 Å². The lowest BCUT2D eigenvalue weighted by Gasteiger charge is -2.32. The molecular weight excluding hydrogens is 526 g/mol. The second-order valence-electron chi connectivity index (χ2n) is 11.8. The summed E-state index contributed by atoms with van der Waals surface area (Å²) in [6.07, 6.45) is 4.97. The van der Waals surface area contributed by atoms with Crippen molar-refractivity contribution in [3.63, 3.8) is 0 Å². The third-order valence-corrected chi connectivity index (χ3v) is 8.00. The Morgan fingerprint density at radius 1 is 0.976 bits per heavy atom. The van der Waals surface area contributed by atoms with E-state index < -0.39 is 0 Å². The second-order valence-corrected chi connectivity index (χ2v) is 11.8. The molecule has 0 spiro atoms. The van der Waals surface area contributed by atoms with Gasteiger partial charge in [0, 0.05) is 31.7 Å². The smallest absolute Gasteiger partial charge is 0.274 e. The summed E-state index contributed by atoms with van der Waals surface area (Å²) in [6, 6.07) is 11.1. The molecule has 1 aromatic heterocycles. The predicted molar refractivity (Wildman–Crippen MR) is 170 cm³/mol. The average molecular weight is 576 g/mol. The lowest BCUT2D eigenvalue weighted by atomic mass is 9.91. The van der Waals surface area contributed by atoms with Gasteiger partial charge in [-0.25, -0.2) is 0 Å². The molecule has 0 bridgehead atoms. The van der Waals surface area contributed by atoms with Gasteiger partial charge in [-0.3, -0.25) is 9.69 Å². The molecule has 1 N–H and O–H groups in total. The molecule has 228 valence electrons. The molecule has 0 unspecified atom stereocenters. The van der Waals surface area contributed by atoms with Crippen LogP contribution in [0, 0.1) is 0 Å². The normalized spacial score (nSPS) is 13.5. The van der Waals surface area contributed by atoms with Crippen molar-refractivity contribution >= 4 is 5.91 Å². The number of unbranched alkanes of at least 4 members (excludes halogenated alkanes) is 2. The number of benzene rings is 2. The summed E-state index contributed by atoms with van der Waals surface area (Å²) < 4.78 is 18.7. The number of rotatable bonds is 14. The zero-order valence-corrected chi connectivity index (χ0v) is 26.6. The molecule has 2 heterocycles. The van der Waals surface area contributed by atoms with Gasteiger partial charge in [0.25, 0.3) is 5.91 Å². The zero-order valence-electron chi connectivity index (χ0n) is 26.6. The molecule has 1 aliphatic heterocycles. The summed E-state index contributed by atoms with van der Waals surface area (Å²) >= 11 is 0. The van der Waals surface area contributed by atoms with Crippen molar-refractivity contribution in [3.05, 3.63) is 52.7 Å². The summed E-state index contributed by atoms with van der Waals surface area (Å²) in [4.78, 5) is 15.8. The molecule has 3 aromatic rings. The first kappa shape index (κ1) is 31.6. The van der Waals surface area contributed by atoms with E-state index in [4.69, 9.17) is 14.0 Å². The summed E-state index contributed by atoms with van der Waals surface area (Å²) in [7, 11) is 0. The number of carbonyl (C=O) groups excluding carboxylic acids is 1. The summed E-state index contributed by atoms with van der Waals surface area (Å²) in [5, 5.41) is 7.27. The van der Waals surface area contributed by atoms with Crippen LogP contribution in [-0.4, -0.2) is 48.3 Å². The van der Waals surface area contributed by atoms with Crippen molar-refractivity contribution in [3.8, 4) is 33.9 Å². The zero-order chi connectivity index (χ0) is 30.2. The van der Waals surface area contributed by atoms with Gasteiger partial charge in [0.15, 0.2) is 11.5 Å². The molecule has 7 heteroatoms. The summed E-state index contributed by atoms with van der Waals surface area (Å²) in [5.41, 5.74) is 6.42. The van der Waals surface area contributed by atoms with E-state index in [-0.39, 0.29) is 11.8 Å². The standard InChI is InChI=1S/C35H49N3O4/c1-8-11-17-40-30-21-31(41-18-12-9-2)29(20-28(30)23(4)5)34-32(33(37-42-34)35(39)36-10-3)26-13-14-27-22-38(24(6)7)16-15-25(27)19-26/h13-14,19-21,23-24H,8-12,15-18,22H2,1-7H3,(H,36,39). The molecule has 0 atom stereocenters. The third-order valence-electron chi connectivity index (χ3n) is 8.00. The first-order chi connectivity index (χ1) is 20.3. The van der Waals surface area contributed by atoms with Crippen LogP contribution in [0.2, 0.25) is 0 Å². The van der Waals surface area contributed by atoms with Gasteiger partial charge in [-0.2, -0.15) is 0 Å². The number of carbonyl (C=O) groups is 1. The highest BCUT2D eigenvalue weighted by Gasteiger charge is 2.29. The van der Waals surface area contributed by atoms with Gasteiger partial charge >= 0.3 is 0 Å². The molecule has 0 saturated heterocycles. The van der Waals surface area contributed by atoms with Gasteiger partial charge in [0.1, 0.15) is 11.5 Å². The van der Waals surface area contributed by atoms with E-state index in [1.54, 1.807) is 0 Å². The van der Waals surface area contributed by atoms with Gasteiger partial charge in [-0.1, -0.05) is 63.9 Å². The monoisotopic (exact) mass is 575 g/mol. The number of hydrogen-bond acceptors (Lipinski definition) is 6. The molecule has 1 aliphatic rings. The van der Waals surface area contributed by atoms with Gasteiger partial charge in [-0.15, -0.1) is 0 Å². The first-order valence-corrected chi connectivity index (χ1v) is 15.9. The van der Waals surface area contributed by atoms with Crippen molar-refractivity contribution in [2.24, 2.45) is 0 Å². The van der Waals surface area contributed by atoms with Crippen LogP contribution in [-0.2, 0) is 13.0 Å². The molecule has 4 rings (SSSR count). The maximum Gasteiger partial charge on any atom is 0.274 e. The second kappa shape index (κ2) is 14.7. The Hall–Kier alpha value is -3.32. The summed E-state index contributed by atoms with van der Waals surface area (Å²) in [6.45, 7) is 18.7. The van der Waals surface area contributed by atoms with Gasteiger partial charge in [0.05, 0.1) is 24.3 Å². The van der Waals surface area contributed by atoms with Crippen molar-refractivity contribution in [2.45, 2.75) is 99.1 Å².